The van der Waals surface area contributed by atoms with Crippen molar-refractivity contribution in [3.63, 3.8) is 0 Å². The molecule has 0 N–H and O–H groups in total. The van der Waals surface area contributed by atoms with Gasteiger partial charge in [0.15, 0.2) is 0 Å². The Labute approximate surface area is 84.0 Å². The molecule has 0 nitrogen and oxygen atoms in total. The maximum Gasteiger partial charge on any atom is 0.00949 e. The van der Waals surface area contributed by atoms with E-state index in [9.17, 15) is 0 Å². The highest BCUT2D eigenvalue weighted by atomic mass is 31.0. The molecule has 0 aliphatic rings. The number of aryl methyl sites for hydroxylation is 1. The van der Waals surface area contributed by atoms with Crippen LogP contribution in [0.5, 0.6) is 0 Å². The van der Waals surface area contributed by atoms with Gasteiger partial charge >= 0.3 is 0 Å². The van der Waals surface area contributed by atoms with E-state index >= 15 is 0 Å². The van der Waals surface area contributed by atoms with Gasteiger partial charge in [-0.25, -0.2) is 0 Å². The lowest BCUT2D eigenvalue weighted by atomic mass is 9.89. The van der Waals surface area contributed by atoms with Gasteiger partial charge < -0.3 is 0 Å². The third-order valence-electron chi connectivity index (χ3n) is 2.94. The van der Waals surface area contributed by atoms with E-state index in [4.69, 9.17) is 0 Å². The molecule has 0 bridgehead atoms. The van der Waals surface area contributed by atoms with Gasteiger partial charge in [0.05, 0.1) is 0 Å². The van der Waals surface area contributed by atoms with Crippen molar-refractivity contribution in [1.82, 2.24) is 0 Å². The first kappa shape index (κ1) is 10.7. The third kappa shape index (κ3) is 2.11. The van der Waals surface area contributed by atoms with E-state index in [1.807, 2.05) is 0 Å². The molecule has 72 valence electrons. The fraction of sp³-hybridized carbons (Fsp3) is 0.500. The second-order valence-corrected chi connectivity index (χ2v) is 4.78. The Morgan fingerprint density at radius 1 is 1.15 bits per heavy atom. The summed E-state index contributed by atoms with van der Waals surface area (Å²) >= 11 is 0. The number of hydrogen-bond acceptors (Lipinski definition) is 0. The molecular formula is C12H19P. The average molecular weight is 194 g/mol. The highest BCUT2D eigenvalue weighted by Gasteiger charge is 2.23. The van der Waals surface area contributed by atoms with E-state index in [1.165, 1.54) is 24.0 Å². The van der Waals surface area contributed by atoms with Crippen molar-refractivity contribution in [2.45, 2.75) is 38.8 Å². The van der Waals surface area contributed by atoms with Crippen molar-refractivity contribution in [2.75, 3.05) is 0 Å². The quantitative estimate of drug-likeness (QED) is 0.640. The predicted octanol–water partition coefficient (Wildman–Crippen LogP) is 3.89. The summed E-state index contributed by atoms with van der Waals surface area (Å²) in [5, 5.41) is 0.283. The van der Waals surface area contributed by atoms with Crippen LogP contribution < -0.4 is 0 Å². The molecule has 1 atom stereocenters. The molecule has 0 heterocycles. The van der Waals surface area contributed by atoms with Crippen LogP contribution in [0.15, 0.2) is 24.3 Å². The Morgan fingerprint density at radius 2 is 1.69 bits per heavy atom. The summed E-state index contributed by atoms with van der Waals surface area (Å²) in [5.41, 5.74) is 2.88. The zero-order chi connectivity index (χ0) is 9.90. The van der Waals surface area contributed by atoms with Gasteiger partial charge in [0.25, 0.3) is 0 Å². The predicted molar refractivity (Wildman–Crippen MR) is 63.1 cm³/mol. The number of rotatable bonds is 3. The smallest absolute Gasteiger partial charge is 0.00949 e. The van der Waals surface area contributed by atoms with Gasteiger partial charge in [0.1, 0.15) is 0 Å². The van der Waals surface area contributed by atoms with Gasteiger partial charge in [-0.05, 0) is 30.9 Å². The van der Waals surface area contributed by atoms with Crippen LogP contribution in [-0.4, -0.2) is 0 Å². The normalized spacial score (nSPS) is 11.7. The van der Waals surface area contributed by atoms with Crippen LogP contribution in [0.3, 0.4) is 0 Å². The molecule has 1 rings (SSSR count). The fourth-order valence-electron chi connectivity index (χ4n) is 1.76. The van der Waals surface area contributed by atoms with E-state index in [1.54, 1.807) is 0 Å². The Morgan fingerprint density at radius 3 is 2.15 bits per heavy atom. The second kappa shape index (κ2) is 4.24. The molecule has 0 aliphatic carbocycles. The van der Waals surface area contributed by atoms with Gasteiger partial charge in [-0.2, -0.15) is 0 Å². The van der Waals surface area contributed by atoms with Gasteiger partial charge in [-0.15, -0.1) is 9.24 Å². The molecule has 1 aromatic carbocycles. The molecule has 0 aromatic heterocycles. The van der Waals surface area contributed by atoms with Crippen LogP contribution in [0.25, 0.3) is 0 Å². The largest absolute Gasteiger partial charge is 0.126 e. The Kier molecular flexibility index (Phi) is 3.50. The lowest BCUT2D eigenvalue weighted by molar-refractivity contribution is 0.576. The van der Waals surface area contributed by atoms with Crippen molar-refractivity contribution < 1.29 is 0 Å². The fourth-order valence-corrected chi connectivity index (χ4v) is 2.09. The monoisotopic (exact) mass is 194 g/mol. The summed E-state index contributed by atoms with van der Waals surface area (Å²) in [6, 6.07) is 8.68. The van der Waals surface area contributed by atoms with Crippen LogP contribution in [0.1, 0.15) is 37.8 Å². The van der Waals surface area contributed by atoms with Crippen LogP contribution in [0.4, 0.5) is 0 Å². The highest BCUT2D eigenvalue weighted by Crippen LogP contribution is 2.39. The zero-order valence-corrected chi connectivity index (χ0v) is 9.96. The minimum absolute atomic E-state index is 0.283. The Hall–Kier alpha value is -0.350. The van der Waals surface area contributed by atoms with Crippen LogP contribution in [0, 0.1) is 6.92 Å². The molecular weight excluding hydrogens is 175 g/mol. The molecule has 0 fully saturated rings. The maximum atomic E-state index is 3.02. The minimum Gasteiger partial charge on any atom is -0.126 e. The lowest BCUT2D eigenvalue weighted by Crippen LogP contribution is -2.16. The molecule has 0 saturated carbocycles. The first-order chi connectivity index (χ1) is 6.14. The first-order valence-corrected chi connectivity index (χ1v) is 5.56. The molecule has 0 radical (unpaired) electrons. The molecule has 1 unspecified atom stereocenters. The van der Waals surface area contributed by atoms with Crippen LogP contribution in [-0.2, 0) is 5.16 Å². The molecule has 1 aromatic rings. The molecule has 0 aliphatic heterocycles. The Bertz CT molecular complexity index is 274. The SMILES string of the molecule is CCC(P)(CC)c1ccccc1C. The number of hydrogen-bond donors (Lipinski definition) is 0. The summed E-state index contributed by atoms with van der Waals surface area (Å²) in [4.78, 5) is 0. The van der Waals surface area contributed by atoms with Gasteiger partial charge in [-0.3, -0.25) is 0 Å². The van der Waals surface area contributed by atoms with Crippen molar-refractivity contribution in [3.05, 3.63) is 35.4 Å². The van der Waals surface area contributed by atoms with E-state index in [0.717, 1.165) is 0 Å². The van der Waals surface area contributed by atoms with E-state index in [0.29, 0.717) is 0 Å². The highest BCUT2D eigenvalue weighted by molar-refractivity contribution is 7.18. The maximum absolute atomic E-state index is 3.02. The molecule has 0 saturated heterocycles. The van der Waals surface area contributed by atoms with E-state index in [2.05, 4.69) is 54.3 Å². The first-order valence-electron chi connectivity index (χ1n) is 4.99. The summed E-state index contributed by atoms with van der Waals surface area (Å²) in [5.74, 6) is 0. The van der Waals surface area contributed by atoms with Crippen molar-refractivity contribution in [3.8, 4) is 0 Å². The molecule has 0 spiro atoms. The van der Waals surface area contributed by atoms with Crippen LogP contribution >= 0.6 is 9.24 Å². The summed E-state index contributed by atoms with van der Waals surface area (Å²) < 4.78 is 0. The minimum atomic E-state index is 0.283. The molecule has 1 heteroatoms. The van der Waals surface area contributed by atoms with E-state index < -0.39 is 0 Å². The summed E-state index contributed by atoms with van der Waals surface area (Å²) in [7, 11) is 3.02. The van der Waals surface area contributed by atoms with Gasteiger partial charge in [-0.1, -0.05) is 38.1 Å². The molecule has 0 amide bonds. The third-order valence-corrected chi connectivity index (χ3v) is 4.07. The van der Waals surface area contributed by atoms with E-state index in [-0.39, 0.29) is 5.16 Å². The standard InChI is InChI=1S/C12H19P/c1-4-12(13,5-2)11-9-7-6-8-10(11)3/h6-9H,4-5,13H2,1-3H3. The summed E-state index contributed by atoms with van der Waals surface area (Å²) in [6.07, 6.45) is 2.36. The van der Waals surface area contributed by atoms with Crippen molar-refractivity contribution in [2.24, 2.45) is 0 Å². The van der Waals surface area contributed by atoms with Crippen molar-refractivity contribution in [1.29, 1.82) is 0 Å². The Balaban J connectivity index is 3.12. The van der Waals surface area contributed by atoms with Gasteiger partial charge in [0.2, 0.25) is 0 Å². The topological polar surface area (TPSA) is 0 Å². The summed E-state index contributed by atoms with van der Waals surface area (Å²) in [6.45, 7) is 6.70. The average Bonchev–Trinajstić information content (AvgIpc) is 2.17. The van der Waals surface area contributed by atoms with Crippen LogP contribution in [0.2, 0.25) is 0 Å². The van der Waals surface area contributed by atoms with Crippen molar-refractivity contribution >= 4 is 9.24 Å². The second-order valence-electron chi connectivity index (χ2n) is 3.68. The van der Waals surface area contributed by atoms with Gasteiger partial charge in [0, 0.05) is 5.16 Å². The lowest BCUT2D eigenvalue weighted by Gasteiger charge is -2.28. The number of benzene rings is 1. The molecule has 13 heavy (non-hydrogen) atoms. The zero-order valence-electron chi connectivity index (χ0n) is 8.80.